The summed E-state index contributed by atoms with van der Waals surface area (Å²) >= 11 is 0. The molecule has 4 rings (SSSR count). The first-order valence-electron chi connectivity index (χ1n) is 12.9. The van der Waals surface area contributed by atoms with E-state index in [2.05, 4.69) is 78.6 Å². The van der Waals surface area contributed by atoms with Gasteiger partial charge < -0.3 is 14.7 Å². The molecule has 0 spiro atoms. The predicted octanol–water partition coefficient (Wildman–Crippen LogP) is 4.69. The van der Waals surface area contributed by atoms with Crippen LogP contribution in [0.5, 0.6) is 0 Å². The van der Waals surface area contributed by atoms with Crippen molar-refractivity contribution < 1.29 is 4.79 Å². The molecule has 0 aliphatic carbocycles. The van der Waals surface area contributed by atoms with Crippen molar-refractivity contribution >= 4 is 11.7 Å². The van der Waals surface area contributed by atoms with Crippen LogP contribution >= 0.6 is 0 Å². The van der Waals surface area contributed by atoms with Crippen LogP contribution in [0.3, 0.4) is 0 Å². The third-order valence-corrected chi connectivity index (χ3v) is 7.02. The molecule has 6 nitrogen and oxygen atoms in total. The van der Waals surface area contributed by atoms with Crippen molar-refractivity contribution in [2.45, 2.75) is 53.1 Å². The number of anilines is 1. The first-order valence-corrected chi connectivity index (χ1v) is 12.9. The molecule has 0 unspecified atom stereocenters. The van der Waals surface area contributed by atoms with E-state index in [9.17, 15) is 4.79 Å². The number of amides is 1. The normalized spacial score (nSPS) is 14.5. The molecular weight excluding hydrogens is 434 g/mol. The molecule has 1 aliphatic rings. The van der Waals surface area contributed by atoms with Crippen molar-refractivity contribution in [1.29, 1.82) is 0 Å². The number of hydrogen-bond acceptors (Lipinski definition) is 4. The summed E-state index contributed by atoms with van der Waals surface area (Å²) < 4.78 is 2.08. The number of piperazine rings is 1. The highest BCUT2D eigenvalue weighted by Gasteiger charge is 2.28. The summed E-state index contributed by atoms with van der Waals surface area (Å²) in [5.41, 5.74) is 4.40. The number of likely N-dealkylation sites (N-methyl/N-ethyl adjacent to an activating group) is 1. The smallest absolute Gasteiger partial charge is 0.223 e. The monoisotopic (exact) mass is 473 g/mol. The minimum atomic E-state index is 0.113. The van der Waals surface area contributed by atoms with Crippen LogP contribution in [0.15, 0.2) is 60.7 Å². The van der Waals surface area contributed by atoms with Gasteiger partial charge in [-0.2, -0.15) is 5.10 Å². The third kappa shape index (κ3) is 5.93. The molecule has 1 aliphatic heterocycles. The second kappa shape index (κ2) is 11.5. The Morgan fingerprint density at radius 3 is 2.20 bits per heavy atom. The summed E-state index contributed by atoms with van der Waals surface area (Å²) in [4.78, 5) is 20.4. The van der Waals surface area contributed by atoms with Gasteiger partial charge in [0.05, 0.1) is 17.9 Å². The van der Waals surface area contributed by atoms with Crippen LogP contribution in [0.25, 0.3) is 5.69 Å². The average molecular weight is 474 g/mol. The van der Waals surface area contributed by atoms with E-state index < -0.39 is 0 Å². The number of carbonyl (C=O) groups excluding carboxylic acids is 1. The summed E-state index contributed by atoms with van der Waals surface area (Å²) in [6.07, 6.45) is 1.27. The van der Waals surface area contributed by atoms with Gasteiger partial charge in [-0.3, -0.25) is 4.79 Å². The van der Waals surface area contributed by atoms with E-state index in [1.165, 1.54) is 5.56 Å². The second-order valence-electron chi connectivity index (χ2n) is 9.66. The number of aryl methyl sites for hydroxylation is 2. The van der Waals surface area contributed by atoms with E-state index in [1.807, 2.05) is 29.2 Å². The number of rotatable bonds is 9. The number of hydrogen-bond donors (Lipinski definition) is 0. The Kier molecular flexibility index (Phi) is 8.24. The Labute approximate surface area is 210 Å². The molecule has 0 saturated carbocycles. The molecule has 1 fully saturated rings. The van der Waals surface area contributed by atoms with Crippen LogP contribution in [0.1, 0.15) is 44.0 Å². The number of aromatic nitrogens is 2. The van der Waals surface area contributed by atoms with E-state index in [0.717, 1.165) is 61.9 Å². The summed E-state index contributed by atoms with van der Waals surface area (Å²) in [5.74, 6) is 1.32. The second-order valence-corrected chi connectivity index (χ2v) is 9.66. The lowest BCUT2D eigenvalue weighted by Crippen LogP contribution is -2.47. The highest BCUT2D eigenvalue weighted by molar-refractivity contribution is 5.77. The number of carbonyl (C=O) groups is 1. The predicted molar refractivity (Wildman–Crippen MR) is 143 cm³/mol. The molecule has 0 N–H and O–H groups in total. The van der Waals surface area contributed by atoms with Gasteiger partial charge in [-0.05, 0) is 51.4 Å². The Balaban J connectivity index is 1.63. The number of benzene rings is 2. The lowest BCUT2D eigenvalue weighted by atomic mass is 10.1. The van der Waals surface area contributed by atoms with Gasteiger partial charge in [-0.1, -0.05) is 55.5 Å². The fourth-order valence-corrected chi connectivity index (χ4v) is 4.85. The minimum Gasteiger partial charge on any atom is -0.354 e. The Morgan fingerprint density at radius 1 is 0.971 bits per heavy atom. The topological polar surface area (TPSA) is 44.6 Å². The first kappa shape index (κ1) is 25.0. The summed E-state index contributed by atoms with van der Waals surface area (Å²) in [7, 11) is 0. The standard InChI is InChI=1S/C29H39N5O/c1-5-31-18-20-32(21-19-31)29-27(24(4)30-34(29)26-14-10-7-11-15-26)22-33(23(2)3)28(35)17-16-25-12-8-6-9-13-25/h6-15,23H,5,16-22H2,1-4H3. The maximum absolute atomic E-state index is 13.4. The third-order valence-electron chi connectivity index (χ3n) is 7.02. The molecule has 1 aromatic heterocycles. The minimum absolute atomic E-state index is 0.113. The Hall–Kier alpha value is -3.12. The van der Waals surface area contributed by atoms with Crippen molar-refractivity contribution in [3.63, 3.8) is 0 Å². The number of para-hydroxylation sites is 1. The quantitative estimate of drug-likeness (QED) is 0.452. The van der Waals surface area contributed by atoms with Crippen molar-refractivity contribution in [1.82, 2.24) is 19.6 Å². The fourth-order valence-electron chi connectivity index (χ4n) is 4.85. The molecule has 0 bridgehead atoms. The van der Waals surface area contributed by atoms with Crippen LogP contribution in [-0.2, 0) is 17.8 Å². The highest BCUT2D eigenvalue weighted by atomic mass is 16.2. The lowest BCUT2D eigenvalue weighted by molar-refractivity contribution is -0.133. The fraction of sp³-hybridized carbons (Fsp3) is 0.448. The van der Waals surface area contributed by atoms with E-state index in [4.69, 9.17) is 5.10 Å². The van der Waals surface area contributed by atoms with Crippen LogP contribution in [0.2, 0.25) is 0 Å². The van der Waals surface area contributed by atoms with Gasteiger partial charge in [0.2, 0.25) is 5.91 Å². The van der Waals surface area contributed by atoms with Gasteiger partial charge in [-0.15, -0.1) is 0 Å². The van der Waals surface area contributed by atoms with Gasteiger partial charge in [0.15, 0.2) is 0 Å². The van der Waals surface area contributed by atoms with E-state index in [0.29, 0.717) is 13.0 Å². The molecule has 1 amide bonds. The molecule has 3 aromatic rings. The average Bonchev–Trinajstić information content (AvgIpc) is 3.22. The summed E-state index contributed by atoms with van der Waals surface area (Å²) in [6.45, 7) is 14.2. The zero-order valence-electron chi connectivity index (χ0n) is 21.7. The first-order chi connectivity index (χ1) is 17.0. The molecule has 0 radical (unpaired) electrons. The van der Waals surface area contributed by atoms with Gasteiger partial charge in [0.1, 0.15) is 5.82 Å². The zero-order valence-corrected chi connectivity index (χ0v) is 21.7. The number of nitrogens with zero attached hydrogens (tertiary/aromatic N) is 5. The molecular formula is C29H39N5O. The molecule has 0 atom stereocenters. The van der Waals surface area contributed by atoms with Gasteiger partial charge in [-0.25, -0.2) is 4.68 Å². The van der Waals surface area contributed by atoms with Crippen molar-refractivity contribution in [2.24, 2.45) is 0 Å². The molecule has 1 saturated heterocycles. The van der Waals surface area contributed by atoms with Crippen LogP contribution in [0, 0.1) is 6.92 Å². The van der Waals surface area contributed by atoms with Gasteiger partial charge in [0, 0.05) is 44.2 Å². The lowest BCUT2D eigenvalue weighted by Gasteiger charge is -2.36. The molecule has 35 heavy (non-hydrogen) atoms. The highest BCUT2D eigenvalue weighted by Crippen LogP contribution is 2.30. The summed E-state index contributed by atoms with van der Waals surface area (Å²) in [5, 5.41) is 4.98. The van der Waals surface area contributed by atoms with Crippen molar-refractivity contribution in [3.05, 3.63) is 77.5 Å². The maximum atomic E-state index is 13.4. The van der Waals surface area contributed by atoms with Crippen LogP contribution in [0.4, 0.5) is 5.82 Å². The molecule has 2 aromatic carbocycles. The van der Waals surface area contributed by atoms with E-state index in [1.54, 1.807) is 0 Å². The molecule has 2 heterocycles. The van der Waals surface area contributed by atoms with E-state index in [-0.39, 0.29) is 11.9 Å². The maximum Gasteiger partial charge on any atom is 0.223 e. The zero-order chi connectivity index (χ0) is 24.8. The molecule has 6 heteroatoms. The van der Waals surface area contributed by atoms with Crippen LogP contribution < -0.4 is 4.90 Å². The SMILES string of the molecule is CCN1CCN(c2c(CN(C(=O)CCc3ccccc3)C(C)C)c(C)nn2-c2ccccc2)CC1. The van der Waals surface area contributed by atoms with E-state index >= 15 is 0 Å². The molecule has 186 valence electrons. The van der Waals surface area contributed by atoms with Gasteiger partial charge in [0.25, 0.3) is 0 Å². The van der Waals surface area contributed by atoms with Crippen molar-refractivity contribution in [3.8, 4) is 5.69 Å². The van der Waals surface area contributed by atoms with Crippen molar-refractivity contribution in [2.75, 3.05) is 37.6 Å². The Bertz CT molecular complexity index is 1090. The largest absolute Gasteiger partial charge is 0.354 e. The Morgan fingerprint density at radius 2 is 1.60 bits per heavy atom. The van der Waals surface area contributed by atoms with Crippen LogP contribution in [-0.4, -0.2) is 64.3 Å². The van der Waals surface area contributed by atoms with Gasteiger partial charge >= 0.3 is 0 Å². The summed E-state index contributed by atoms with van der Waals surface area (Å²) in [6, 6.07) is 20.7.